The number of hydrogen-bond acceptors (Lipinski definition) is 2. The molecule has 1 aliphatic carbocycles. The molecule has 2 nitrogen and oxygen atoms in total. The molecule has 30 heavy (non-hydrogen) atoms. The molecule has 0 bridgehead atoms. The highest BCUT2D eigenvalue weighted by atomic mass is 14.7. The summed E-state index contributed by atoms with van der Waals surface area (Å²) in [5.41, 5.74) is 6.64. The molecule has 3 aromatic carbocycles. The predicted octanol–water partition coefficient (Wildman–Crippen LogP) is 6.24. The number of nitriles is 1. The molecule has 0 aromatic heterocycles. The van der Waals surface area contributed by atoms with Gasteiger partial charge in [-0.15, -0.1) is 0 Å². The minimum absolute atomic E-state index is 0.0406. The largest absolute Gasteiger partial charge is 0.273 e. The summed E-state index contributed by atoms with van der Waals surface area (Å²) in [7, 11) is 0. The standard InChI is InChI=1S/C28H22N2/c29-20-21-30-28(24-16-8-3-9-17-24)26-19-11-10-18-25(26)27(22-12-4-1-5-13-22)23-14-6-2-7-15-23/h1-19,26H,21H2. The van der Waals surface area contributed by atoms with Gasteiger partial charge in [0.15, 0.2) is 0 Å². The summed E-state index contributed by atoms with van der Waals surface area (Å²) in [6.45, 7) is 0.136. The van der Waals surface area contributed by atoms with Crippen molar-refractivity contribution in [3.63, 3.8) is 0 Å². The second kappa shape index (κ2) is 9.49. The Morgan fingerprint density at radius 1 is 0.733 bits per heavy atom. The molecule has 0 saturated carbocycles. The van der Waals surface area contributed by atoms with Crippen LogP contribution >= 0.6 is 0 Å². The first-order valence-corrected chi connectivity index (χ1v) is 10.0. The maximum absolute atomic E-state index is 9.19. The molecule has 3 aromatic rings. The van der Waals surface area contributed by atoms with Crippen LogP contribution in [-0.2, 0) is 0 Å². The zero-order valence-corrected chi connectivity index (χ0v) is 16.6. The van der Waals surface area contributed by atoms with Crippen molar-refractivity contribution in [3.05, 3.63) is 138 Å². The lowest BCUT2D eigenvalue weighted by atomic mass is 9.80. The molecule has 0 N–H and O–H groups in total. The van der Waals surface area contributed by atoms with Crippen LogP contribution in [0, 0.1) is 17.2 Å². The summed E-state index contributed by atoms with van der Waals surface area (Å²) in [4.78, 5) is 4.69. The number of rotatable bonds is 5. The first-order chi connectivity index (χ1) is 14.9. The average Bonchev–Trinajstić information content (AvgIpc) is 2.82. The van der Waals surface area contributed by atoms with E-state index in [4.69, 9.17) is 4.99 Å². The minimum atomic E-state index is -0.0406. The third-order valence-corrected chi connectivity index (χ3v) is 5.12. The molecule has 1 atom stereocenters. The van der Waals surface area contributed by atoms with Crippen molar-refractivity contribution < 1.29 is 0 Å². The molecular weight excluding hydrogens is 364 g/mol. The molecule has 1 unspecified atom stereocenters. The molecule has 0 spiro atoms. The predicted molar refractivity (Wildman–Crippen MR) is 124 cm³/mol. The summed E-state index contributed by atoms with van der Waals surface area (Å²) < 4.78 is 0. The molecule has 0 heterocycles. The summed E-state index contributed by atoms with van der Waals surface area (Å²) in [6, 6.07) is 33.2. The van der Waals surface area contributed by atoms with Crippen LogP contribution < -0.4 is 0 Å². The Bertz CT molecular complexity index is 1100. The normalized spacial score (nSPS) is 15.6. The van der Waals surface area contributed by atoms with Crippen molar-refractivity contribution >= 4 is 11.3 Å². The van der Waals surface area contributed by atoms with E-state index < -0.39 is 0 Å². The van der Waals surface area contributed by atoms with Crippen LogP contribution in [0.4, 0.5) is 0 Å². The van der Waals surface area contributed by atoms with E-state index in [0.29, 0.717) is 0 Å². The van der Waals surface area contributed by atoms with Gasteiger partial charge in [0.1, 0.15) is 6.54 Å². The van der Waals surface area contributed by atoms with Crippen molar-refractivity contribution in [2.24, 2.45) is 10.9 Å². The summed E-state index contributed by atoms with van der Waals surface area (Å²) >= 11 is 0. The molecule has 144 valence electrons. The third-order valence-electron chi connectivity index (χ3n) is 5.12. The first-order valence-electron chi connectivity index (χ1n) is 10.0. The van der Waals surface area contributed by atoms with Gasteiger partial charge >= 0.3 is 0 Å². The SMILES string of the molecule is N#CCN=C(c1ccccc1)C1C=CC=CC1=C(c1ccccc1)c1ccccc1. The quantitative estimate of drug-likeness (QED) is 0.377. The van der Waals surface area contributed by atoms with Gasteiger partial charge in [0.05, 0.1) is 11.8 Å². The van der Waals surface area contributed by atoms with E-state index in [9.17, 15) is 5.26 Å². The zero-order valence-electron chi connectivity index (χ0n) is 16.6. The Kier molecular flexibility index (Phi) is 6.13. The fourth-order valence-corrected chi connectivity index (χ4v) is 3.83. The van der Waals surface area contributed by atoms with Crippen LogP contribution in [0.1, 0.15) is 16.7 Å². The van der Waals surface area contributed by atoms with Crippen molar-refractivity contribution in [2.45, 2.75) is 0 Å². The van der Waals surface area contributed by atoms with E-state index in [1.807, 2.05) is 30.3 Å². The van der Waals surface area contributed by atoms with Crippen LogP contribution in [0.25, 0.3) is 5.57 Å². The van der Waals surface area contributed by atoms with E-state index in [-0.39, 0.29) is 12.5 Å². The molecule has 0 radical (unpaired) electrons. The van der Waals surface area contributed by atoms with E-state index in [1.165, 1.54) is 11.1 Å². The zero-order chi connectivity index (χ0) is 20.6. The van der Waals surface area contributed by atoms with E-state index >= 15 is 0 Å². The fourth-order valence-electron chi connectivity index (χ4n) is 3.83. The smallest absolute Gasteiger partial charge is 0.126 e. The van der Waals surface area contributed by atoms with Gasteiger partial charge < -0.3 is 0 Å². The van der Waals surface area contributed by atoms with Crippen LogP contribution in [0.5, 0.6) is 0 Å². The van der Waals surface area contributed by atoms with Crippen molar-refractivity contribution in [2.75, 3.05) is 6.54 Å². The van der Waals surface area contributed by atoms with E-state index in [1.54, 1.807) is 0 Å². The lowest BCUT2D eigenvalue weighted by Crippen LogP contribution is -2.19. The first kappa shape index (κ1) is 19.4. The van der Waals surface area contributed by atoms with Gasteiger partial charge in [-0.1, -0.05) is 115 Å². The Balaban J connectivity index is 1.95. The lowest BCUT2D eigenvalue weighted by molar-refractivity contribution is 1.03. The second-order valence-electron chi connectivity index (χ2n) is 7.01. The highest BCUT2D eigenvalue weighted by Crippen LogP contribution is 2.35. The monoisotopic (exact) mass is 386 g/mol. The Morgan fingerprint density at radius 2 is 1.27 bits per heavy atom. The van der Waals surface area contributed by atoms with Gasteiger partial charge in [-0.25, -0.2) is 0 Å². The molecule has 0 aliphatic heterocycles. The fraction of sp³-hybridized carbons (Fsp3) is 0.0714. The third kappa shape index (κ3) is 4.21. The van der Waals surface area contributed by atoms with E-state index in [2.05, 4.69) is 91.0 Å². The highest BCUT2D eigenvalue weighted by Gasteiger charge is 2.24. The highest BCUT2D eigenvalue weighted by molar-refractivity contribution is 6.07. The maximum atomic E-state index is 9.19. The molecular formula is C28H22N2. The average molecular weight is 386 g/mol. The number of allylic oxidation sites excluding steroid dienone is 5. The van der Waals surface area contributed by atoms with Gasteiger partial charge in [0.2, 0.25) is 0 Å². The van der Waals surface area contributed by atoms with Gasteiger partial charge in [-0.05, 0) is 27.8 Å². The maximum Gasteiger partial charge on any atom is 0.126 e. The van der Waals surface area contributed by atoms with Crippen molar-refractivity contribution in [1.29, 1.82) is 5.26 Å². The summed E-state index contributed by atoms with van der Waals surface area (Å²) in [5, 5.41) is 9.19. The topological polar surface area (TPSA) is 36.1 Å². The minimum Gasteiger partial charge on any atom is -0.273 e. The number of nitrogens with zero attached hydrogens (tertiary/aromatic N) is 2. The molecule has 1 aliphatic rings. The Hall–Kier alpha value is -3.96. The molecule has 0 fully saturated rings. The van der Waals surface area contributed by atoms with Gasteiger partial charge in [-0.2, -0.15) is 5.26 Å². The molecule has 0 saturated heterocycles. The van der Waals surface area contributed by atoms with E-state index in [0.717, 1.165) is 22.4 Å². The second-order valence-corrected chi connectivity index (χ2v) is 7.01. The number of hydrogen-bond donors (Lipinski definition) is 0. The van der Waals surface area contributed by atoms with Crippen molar-refractivity contribution in [3.8, 4) is 6.07 Å². The molecule has 4 rings (SSSR count). The van der Waals surface area contributed by atoms with Gasteiger partial charge in [0.25, 0.3) is 0 Å². The Morgan fingerprint density at radius 3 is 1.80 bits per heavy atom. The molecule has 0 amide bonds. The van der Waals surface area contributed by atoms with Crippen LogP contribution in [-0.4, -0.2) is 12.3 Å². The van der Waals surface area contributed by atoms with Crippen LogP contribution in [0.2, 0.25) is 0 Å². The lowest BCUT2D eigenvalue weighted by Gasteiger charge is -2.24. The van der Waals surface area contributed by atoms with Gasteiger partial charge in [0, 0.05) is 5.92 Å². The Labute approximate surface area is 177 Å². The van der Waals surface area contributed by atoms with Crippen molar-refractivity contribution in [1.82, 2.24) is 0 Å². The molecule has 2 heteroatoms. The summed E-state index contributed by atoms with van der Waals surface area (Å²) in [5.74, 6) is -0.0406. The van der Waals surface area contributed by atoms with Crippen LogP contribution in [0.3, 0.4) is 0 Å². The number of benzene rings is 3. The van der Waals surface area contributed by atoms with Gasteiger partial charge in [-0.3, -0.25) is 4.99 Å². The van der Waals surface area contributed by atoms with Crippen LogP contribution in [0.15, 0.2) is 126 Å². The summed E-state index contributed by atoms with van der Waals surface area (Å²) in [6.07, 6.45) is 8.48. The number of aliphatic imine (C=N–C) groups is 1.